The standard InChI is InChI=1S/C15H10N2Te/c1-2-6-11-10(5-1)9-14-15(16-11)17-12-7-3-4-8-13(12)18-14/h1-9H,(H,16,17). The van der Waals surface area contributed by atoms with Crippen LogP contribution in [0.2, 0.25) is 0 Å². The van der Waals surface area contributed by atoms with Crippen LogP contribution in [0.5, 0.6) is 0 Å². The first kappa shape index (κ1) is 10.4. The maximum absolute atomic E-state index is 4.74. The molecule has 0 unspecified atom stereocenters. The number of anilines is 2. The van der Waals surface area contributed by atoms with Crippen LogP contribution in [0.25, 0.3) is 10.9 Å². The Labute approximate surface area is 115 Å². The van der Waals surface area contributed by atoms with Crippen molar-refractivity contribution in [1.82, 2.24) is 4.98 Å². The number of aromatic nitrogens is 1. The minimum atomic E-state index is -0.321. The Kier molecular flexibility index (Phi) is 2.29. The molecule has 4 rings (SSSR count). The van der Waals surface area contributed by atoms with Crippen LogP contribution in [0.4, 0.5) is 11.5 Å². The first-order valence-electron chi connectivity index (χ1n) is 5.84. The van der Waals surface area contributed by atoms with Crippen molar-refractivity contribution in [2.75, 3.05) is 5.32 Å². The van der Waals surface area contributed by atoms with E-state index in [4.69, 9.17) is 4.98 Å². The van der Waals surface area contributed by atoms with Crippen LogP contribution in [-0.2, 0) is 0 Å². The zero-order chi connectivity index (χ0) is 11.9. The van der Waals surface area contributed by atoms with Crippen LogP contribution < -0.4 is 12.5 Å². The van der Waals surface area contributed by atoms with Gasteiger partial charge in [-0.15, -0.1) is 0 Å². The SMILES string of the molecule is c1ccc2c(c1)Nc1nc3ccccc3cc1[Te]2. The molecule has 0 saturated heterocycles. The molecular formula is C15H10N2Te. The summed E-state index contributed by atoms with van der Waals surface area (Å²) < 4.78 is 2.87. The monoisotopic (exact) mass is 348 g/mol. The molecule has 0 spiro atoms. The fraction of sp³-hybridized carbons (Fsp3) is 0. The van der Waals surface area contributed by atoms with Gasteiger partial charge in [0.05, 0.1) is 0 Å². The summed E-state index contributed by atoms with van der Waals surface area (Å²) >= 11 is -0.321. The molecule has 0 amide bonds. The fourth-order valence-corrected chi connectivity index (χ4v) is 5.00. The van der Waals surface area contributed by atoms with E-state index in [1.165, 1.54) is 18.3 Å². The summed E-state index contributed by atoms with van der Waals surface area (Å²) in [6.07, 6.45) is 0. The number of hydrogen-bond acceptors (Lipinski definition) is 2. The molecule has 0 bridgehead atoms. The third kappa shape index (κ3) is 1.59. The van der Waals surface area contributed by atoms with Crippen molar-refractivity contribution in [3.8, 4) is 0 Å². The second-order valence-electron chi connectivity index (χ2n) is 4.25. The van der Waals surface area contributed by atoms with Crippen molar-refractivity contribution in [3.05, 3.63) is 54.6 Å². The van der Waals surface area contributed by atoms with Crippen LogP contribution in [0.1, 0.15) is 0 Å². The average Bonchev–Trinajstić information content (AvgIpc) is 2.42. The van der Waals surface area contributed by atoms with E-state index in [9.17, 15) is 0 Å². The van der Waals surface area contributed by atoms with E-state index < -0.39 is 0 Å². The van der Waals surface area contributed by atoms with E-state index in [1.54, 1.807) is 0 Å². The summed E-state index contributed by atoms with van der Waals surface area (Å²) in [4.78, 5) is 4.74. The minimum absolute atomic E-state index is 0.321. The van der Waals surface area contributed by atoms with Crippen LogP contribution >= 0.6 is 0 Å². The van der Waals surface area contributed by atoms with Gasteiger partial charge >= 0.3 is 115 Å². The van der Waals surface area contributed by atoms with E-state index in [-0.39, 0.29) is 20.9 Å². The Morgan fingerprint density at radius 3 is 2.72 bits per heavy atom. The molecule has 18 heavy (non-hydrogen) atoms. The van der Waals surface area contributed by atoms with E-state index in [2.05, 4.69) is 53.8 Å². The molecule has 0 fully saturated rings. The fourth-order valence-electron chi connectivity index (χ4n) is 2.17. The number of para-hydroxylation sites is 2. The van der Waals surface area contributed by atoms with Crippen molar-refractivity contribution < 1.29 is 0 Å². The first-order valence-corrected chi connectivity index (χ1v) is 8.17. The summed E-state index contributed by atoms with van der Waals surface area (Å²) in [6, 6.07) is 19.2. The molecule has 1 N–H and O–H groups in total. The number of fused-ring (bicyclic) bond motifs is 3. The number of rotatable bonds is 0. The first-order chi connectivity index (χ1) is 8.90. The van der Waals surface area contributed by atoms with Gasteiger partial charge in [-0.3, -0.25) is 0 Å². The Morgan fingerprint density at radius 1 is 0.889 bits per heavy atom. The normalized spacial score (nSPS) is 12.7. The Bertz CT molecular complexity index is 689. The molecule has 0 radical (unpaired) electrons. The van der Waals surface area contributed by atoms with Crippen LogP contribution in [-0.4, -0.2) is 25.9 Å². The van der Waals surface area contributed by atoms with Gasteiger partial charge in [-0.05, 0) is 0 Å². The van der Waals surface area contributed by atoms with Crippen molar-refractivity contribution in [1.29, 1.82) is 0 Å². The van der Waals surface area contributed by atoms with Gasteiger partial charge in [-0.1, -0.05) is 0 Å². The van der Waals surface area contributed by atoms with Crippen molar-refractivity contribution >= 4 is 50.6 Å². The summed E-state index contributed by atoms with van der Waals surface area (Å²) in [7, 11) is 0. The van der Waals surface area contributed by atoms with Crippen molar-refractivity contribution in [2.45, 2.75) is 0 Å². The Morgan fingerprint density at radius 2 is 1.72 bits per heavy atom. The summed E-state index contributed by atoms with van der Waals surface area (Å²) in [5.74, 6) is 1.05. The zero-order valence-electron chi connectivity index (χ0n) is 9.55. The van der Waals surface area contributed by atoms with Crippen LogP contribution in [0, 0.1) is 0 Å². The summed E-state index contributed by atoms with van der Waals surface area (Å²) in [5, 5.41) is 4.69. The van der Waals surface area contributed by atoms with Gasteiger partial charge in [-0.25, -0.2) is 0 Å². The molecule has 0 saturated carbocycles. The molecule has 2 aromatic carbocycles. The zero-order valence-corrected chi connectivity index (χ0v) is 11.9. The van der Waals surface area contributed by atoms with Crippen LogP contribution in [0.3, 0.4) is 0 Å². The van der Waals surface area contributed by atoms with Gasteiger partial charge in [0.2, 0.25) is 0 Å². The van der Waals surface area contributed by atoms with E-state index in [0.29, 0.717) is 0 Å². The third-order valence-electron chi connectivity index (χ3n) is 3.05. The van der Waals surface area contributed by atoms with E-state index >= 15 is 0 Å². The van der Waals surface area contributed by atoms with Crippen molar-refractivity contribution in [2.24, 2.45) is 0 Å². The van der Waals surface area contributed by atoms with Gasteiger partial charge in [-0.2, -0.15) is 0 Å². The average molecular weight is 346 g/mol. The number of pyridine rings is 1. The molecule has 3 heteroatoms. The predicted molar refractivity (Wildman–Crippen MR) is 76.5 cm³/mol. The second kappa shape index (κ2) is 3.98. The molecule has 2 nitrogen and oxygen atoms in total. The molecule has 3 aromatic rings. The summed E-state index contributed by atoms with van der Waals surface area (Å²) in [6.45, 7) is 0. The molecule has 1 aliphatic rings. The molecular weight excluding hydrogens is 336 g/mol. The molecule has 0 atom stereocenters. The number of nitrogens with zero attached hydrogens (tertiary/aromatic N) is 1. The maximum atomic E-state index is 4.74. The predicted octanol–water partition coefficient (Wildman–Crippen LogP) is 1.95. The van der Waals surface area contributed by atoms with Gasteiger partial charge in [0.1, 0.15) is 0 Å². The van der Waals surface area contributed by atoms with Gasteiger partial charge in [0.25, 0.3) is 0 Å². The number of benzene rings is 2. The summed E-state index contributed by atoms with van der Waals surface area (Å²) in [5.41, 5.74) is 2.30. The van der Waals surface area contributed by atoms with Gasteiger partial charge in [0, 0.05) is 0 Å². The Balaban J connectivity index is 1.92. The quantitative estimate of drug-likeness (QED) is 0.493. The molecule has 1 aliphatic heterocycles. The second-order valence-corrected chi connectivity index (χ2v) is 7.34. The Hall–Kier alpha value is -1.56. The van der Waals surface area contributed by atoms with Crippen LogP contribution in [0.15, 0.2) is 54.6 Å². The third-order valence-corrected chi connectivity index (χ3v) is 6.21. The van der Waals surface area contributed by atoms with E-state index in [1.807, 2.05) is 6.07 Å². The number of hydrogen-bond donors (Lipinski definition) is 1. The van der Waals surface area contributed by atoms with Gasteiger partial charge in [0.15, 0.2) is 0 Å². The molecule has 1 aromatic heterocycles. The number of nitrogens with one attached hydrogen (secondary N) is 1. The molecule has 2 heterocycles. The molecule has 86 valence electrons. The van der Waals surface area contributed by atoms with Crippen molar-refractivity contribution in [3.63, 3.8) is 0 Å². The van der Waals surface area contributed by atoms with E-state index in [0.717, 1.165) is 11.3 Å². The van der Waals surface area contributed by atoms with Gasteiger partial charge < -0.3 is 0 Å². The topological polar surface area (TPSA) is 24.9 Å². The molecule has 0 aliphatic carbocycles.